The van der Waals surface area contributed by atoms with Crippen LogP contribution in [0.5, 0.6) is 0 Å². The highest BCUT2D eigenvalue weighted by Crippen LogP contribution is 2.16. The van der Waals surface area contributed by atoms with Crippen molar-refractivity contribution < 1.29 is 28.6 Å². The molecule has 6 nitrogen and oxygen atoms in total. The van der Waals surface area contributed by atoms with Gasteiger partial charge in [0.25, 0.3) is 0 Å². The van der Waals surface area contributed by atoms with E-state index in [4.69, 9.17) is 14.2 Å². The summed E-state index contributed by atoms with van der Waals surface area (Å²) in [7, 11) is 0. The molecule has 0 amide bonds. The van der Waals surface area contributed by atoms with Crippen LogP contribution in [0.25, 0.3) is 0 Å². The molecule has 0 saturated carbocycles. The number of carbonyl (C=O) groups excluding carboxylic acids is 3. The Hall–Kier alpha value is -4.19. The number of rotatable bonds is 61. The first-order valence-electron chi connectivity index (χ1n) is 34.0. The molecule has 0 N–H and O–H groups in total. The number of ether oxygens (including phenoxy) is 3. The molecule has 0 radical (unpaired) electrons. The van der Waals surface area contributed by atoms with Crippen LogP contribution in [0.3, 0.4) is 0 Å². The molecule has 0 saturated heterocycles. The Morgan fingerprint density at radius 2 is 0.481 bits per heavy atom. The second-order valence-corrected chi connectivity index (χ2v) is 22.3. The van der Waals surface area contributed by atoms with E-state index in [-0.39, 0.29) is 31.1 Å². The zero-order chi connectivity index (χ0) is 58.5. The minimum atomic E-state index is -0.798. The molecule has 0 bridgehead atoms. The van der Waals surface area contributed by atoms with E-state index < -0.39 is 6.10 Å². The smallest absolute Gasteiger partial charge is 0.306 e. The van der Waals surface area contributed by atoms with Crippen LogP contribution in [0.15, 0.2) is 122 Å². The number of allylic oxidation sites excluding steroid dienone is 20. The fraction of sp³-hybridized carbons (Fsp3) is 0.693. The summed E-state index contributed by atoms with van der Waals surface area (Å²) in [5.74, 6) is -0.919. The predicted octanol–water partition coefficient (Wildman–Crippen LogP) is 23.6. The van der Waals surface area contributed by atoms with E-state index in [9.17, 15) is 14.4 Å². The van der Waals surface area contributed by atoms with Crippen LogP contribution < -0.4 is 0 Å². The number of unbranched alkanes of at least 4 members (excludes halogenated alkanes) is 30. The van der Waals surface area contributed by atoms with E-state index in [0.717, 1.165) is 128 Å². The van der Waals surface area contributed by atoms with Crippen LogP contribution in [0.2, 0.25) is 0 Å². The highest BCUT2D eigenvalue weighted by atomic mass is 16.6. The van der Waals surface area contributed by atoms with E-state index in [0.29, 0.717) is 19.3 Å². The summed E-state index contributed by atoms with van der Waals surface area (Å²) in [4.78, 5) is 38.4. The Labute approximate surface area is 501 Å². The van der Waals surface area contributed by atoms with Crippen LogP contribution in [0, 0.1) is 0 Å². The van der Waals surface area contributed by atoms with Crippen molar-refractivity contribution in [1.82, 2.24) is 0 Å². The topological polar surface area (TPSA) is 78.9 Å². The molecule has 0 spiro atoms. The van der Waals surface area contributed by atoms with Gasteiger partial charge in [-0.15, -0.1) is 0 Å². The molecule has 81 heavy (non-hydrogen) atoms. The van der Waals surface area contributed by atoms with Crippen molar-refractivity contribution in [2.45, 2.75) is 322 Å². The summed E-state index contributed by atoms with van der Waals surface area (Å²) >= 11 is 0. The van der Waals surface area contributed by atoms with Gasteiger partial charge in [0.2, 0.25) is 0 Å². The number of esters is 3. The fourth-order valence-corrected chi connectivity index (χ4v) is 9.33. The second-order valence-electron chi connectivity index (χ2n) is 22.3. The summed E-state index contributed by atoms with van der Waals surface area (Å²) in [6, 6.07) is 0. The maximum absolute atomic E-state index is 12.9. The predicted molar refractivity (Wildman–Crippen MR) is 353 cm³/mol. The number of carbonyl (C=O) groups is 3. The van der Waals surface area contributed by atoms with Gasteiger partial charge in [-0.3, -0.25) is 14.4 Å². The average molecular weight is 1120 g/mol. The number of hydrogen-bond donors (Lipinski definition) is 0. The Morgan fingerprint density at radius 1 is 0.259 bits per heavy atom. The number of hydrogen-bond acceptors (Lipinski definition) is 6. The standard InChI is InChI=1S/C75H126O6/c1-4-7-10-13-16-19-22-25-28-30-32-33-34-35-36-37-38-39-40-41-43-44-47-50-53-56-59-62-65-68-74(77)80-71-72(70-79-73(76)67-64-61-58-55-52-49-46-27-24-21-18-15-12-9-6-3)81-75(78)69-66-63-60-57-54-51-48-45-42-31-29-26-23-20-17-14-11-8-5-2/h7,10,16,19,25-29,32-33,35-36,38-39,41,43,46-47,50,72H,4-6,8-9,11-15,17-18,20-24,30-31,34,37,40,42,44-45,48-49,51-71H2,1-3H3/b10-7-,19-16-,28-25-,29-26-,33-32-,36-35-,39-38-,43-41-,46-27-,50-47-. The minimum Gasteiger partial charge on any atom is -0.462 e. The molecular weight excluding hydrogens is 997 g/mol. The molecule has 0 aliphatic carbocycles. The van der Waals surface area contributed by atoms with Crippen LogP contribution in [-0.4, -0.2) is 37.2 Å². The van der Waals surface area contributed by atoms with Gasteiger partial charge in [0.15, 0.2) is 6.10 Å². The molecule has 6 heteroatoms. The van der Waals surface area contributed by atoms with Crippen molar-refractivity contribution in [3.63, 3.8) is 0 Å². The van der Waals surface area contributed by atoms with Crippen LogP contribution in [0.4, 0.5) is 0 Å². The summed E-state index contributed by atoms with van der Waals surface area (Å²) in [5.41, 5.74) is 0. The van der Waals surface area contributed by atoms with E-state index >= 15 is 0 Å². The Balaban J connectivity index is 4.41. The van der Waals surface area contributed by atoms with E-state index in [1.54, 1.807) is 0 Å². The molecule has 0 aromatic heterocycles. The third-order valence-electron chi connectivity index (χ3n) is 14.4. The molecule has 1 unspecified atom stereocenters. The average Bonchev–Trinajstić information content (AvgIpc) is 3.47. The Bertz CT molecular complexity index is 1670. The van der Waals surface area contributed by atoms with Gasteiger partial charge in [-0.2, -0.15) is 0 Å². The quantitative estimate of drug-likeness (QED) is 0.0261. The lowest BCUT2D eigenvalue weighted by Crippen LogP contribution is -2.30. The van der Waals surface area contributed by atoms with Gasteiger partial charge in [0.1, 0.15) is 13.2 Å². The maximum Gasteiger partial charge on any atom is 0.306 e. The molecule has 0 heterocycles. The van der Waals surface area contributed by atoms with Crippen molar-refractivity contribution in [3.05, 3.63) is 122 Å². The first-order chi connectivity index (χ1) is 40.0. The van der Waals surface area contributed by atoms with Crippen molar-refractivity contribution >= 4 is 17.9 Å². The molecule has 0 aliphatic rings. The van der Waals surface area contributed by atoms with Crippen molar-refractivity contribution in [2.75, 3.05) is 13.2 Å². The van der Waals surface area contributed by atoms with Crippen LogP contribution >= 0.6 is 0 Å². The summed E-state index contributed by atoms with van der Waals surface area (Å²) in [6.45, 7) is 6.51. The third-order valence-corrected chi connectivity index (χ3v) is 14.4. The Kier molecular flexibility index (Phi) is 64.8. The van der Waals surface area contributed by atoms with Gasteiger partial charge >= 0.3 is 17.9 Å². The summed E-state index contributed by atoms with van der Waals surface area (Å²) < 4.78 is 16.9. The van der Waals surface area contributed by atoms with E-state index in [1.807, 2.05) is 0 Å². The highest BCUT2D eigenvalue weighted by molar-refractivity contribution is 5.71. The SMILES string of the molecule is CC/C=C\C/C=C\C/C=C\C/C=C\C/C=C\C/C=C\C/C=C\C/C=C\CCCCCCC(=O)OCC(COC(=O)CCCCCCC/C=C\CCCCCCCC)OC(=O)CCCCCCCCCCC/C=C\CCCCCCCC. The minimum absolute atomic E-state index is 0.0921. The summed E-state index contributed by atoms with van der Waals surface area (Å²) in [5, 5.41) is 0. The molecule has 0 aromatic rings. The lowest BCUT2D eigenvalue weighted by molar-refractivity contribution is -0.167. The van der Waals surface area contributed by atoms with Gasteiger partial charge in [0, 0.05) is 19.3 Å². The lowest BCUT2D eigenvalue weighted by Gasteiger charge is -2.18. The normalized spacial score (nSPS) is 12.9. The zero-order valence-electron chi connectivity index (χ0n) is 53.0. The third kappa shape index (κ3) is 66.5. The second kappa shape index (κ2) is 68.3. The van der Waals surface area contributed by atoms with E-state index in [2.05, 4.69) is 142 Å². The molecule has 0 aliphatic heterocycles. The largest absolute Gasteiger partial charge is 0.462 e. The molecular formula is C75H126O6. The monoisotopic (exact) mass is 1120 g/mol. The molecule has 1 atom stereocenters. The van der Waals surface area contributed by atoms with Gasteiger partial charge in [0.05, 0.1) is 0 Å². The van der Waals surface area contributed by atoms with Gasteiger partial charge in [-0.1, -0.05) is 284 Å². The van der Waals surface area contributed by atoms with Gasteiger partial charge in [-0.25, -0.2) is 0 Å². The highest BCUT2D eigenvalue weighted by Gasteiger charge is 2.19. The van der Waals surface area contributed by atoms with Gasteiger partial charge < -0.3 is 14.2 Å². The summed E-state index contributed by atoms with van der Waals surface area (Å²) in [6.07, 6.45) is 94.9. The van der Waals surface area contributed by atoms with E-state index in [1.165, 1.54) is 148 Å². The van der Waals surface area contributed by atoms with Crippen molar-refractivity contribution in [1.29, 1.82) is 0 Å². The lowest BCUT2D eigenvalue weighted by atomic mass is 10.1. The first kappa shape index (κ1) is 76.8. The maximum atomic E-state index is 12.9. The van der Waals surface area contributed by atoms with Crippen LogP contribution in [0.1, 0.15) is 316 Å². The zero-order valence-corrected chi connectivity index (χ0v) is 53.0. The molecule has 0 aromatic carbocycles. The fourth-order valence-electron chi connectivity index (χ4n) is 9.33. The van der Waals surface area contributed by atoms with Crippen LogP contribution in [-0.2, 0) is 28.6 Å². The van der Waals surface area contributed by atoms with Gasteiger partial charge in [-0.05, 0) is 135 Å². The molecule has 462 valence electrons. The first-order valence-corrected chi connectivity index (χ1v) is 34.0. The Morgan fingerprint density at radius 3 is 0.765 bits per heavy atom. The molecule has 0 fully saturated rings. The molecule has 0 rings (SSSR count). The van der Waals surface area contributed by atoms with Crippen molar-refractivity contribution in [3.8, 4) is 0 Å². The van der Waals surface area contributed by atoms with Crippen molar-refractivity contribution in [2.24, 2.45) is 0 Å².